The van der Waals surface area contributed by atoms with Crippen molar-refractivity contribution in [3.05, 3.63) is 111 Å². The number of hydrogen-bond acceptors (Lipinski definition) is 6. The average Bonchev–Trinajstić information content (AvgIpc) is 2.87. The number of nitrogens with one attached hydrogen (secondary N) is 1. The molecule has 0 spiro atoms. The van der Waals surface area contributed by atoms with Crippen molar-refractivity contribution in [3.63, 3.8) is 0 Å². The number of benzene rings is 3. The van der Waals surface area contributed by atoms with Crippen molar-refractivity contribution in [1.29, 1.82) is 0 Å². The van der Waals surface area contributed by atoms with Crippen LogP contribution in [-0.4, -0.2) is 27.1 Å². The maximum absolute atomic E-state index is 12.2. The molecular formula is C27H22N2O7. The number of nitrogen functional groups attached to an aromatic ring is 1. The molecule has 4 aromatic rings. The van der Waals surface area contributed by atoms with Crippen molar-refractivity contribution in [2.75, 3.05) is 5.73 Å². The number of ether oxygens (including phenoxy) is 2. The summed E-state index contributed by atoms with van der Waals surface area (Å²) in [7, 11) is 0. The van der Waals surface area contributed by atoms with Crippen molar-refractivity contribution in [1.82, 2.24) is 4.98 Å². The van der Waals surface area contributed by atoms with Crippen LogP contribution in [0.5, 0.6) is 11.5 Å². The summed E-state index contributed by atoms with van der Waals surface area (Å²) in [5, 5.41) is 19.0. The Bertz CT molecular complexity index is 1440. The van der Waals surface area contributed by atoms with E-state index < -0.39 is 34.4 Å². The van der Waals surface area contributed by atoms with Crippen LogP contribution >= 0.6 is 0 Å². The molecule has 0 atom stereocenters. The summed E-state index contributed by atoms with van der Waals surface area (Å²) in [5.74, 6) is -2.26. The predicted molar refractivity (Wildman–Crippen MR) is 132 cm³/mol. The molecule has 0 unspecified atom stereocenters. The molecule has 1 heterocycles. The normalized spacial score (nSPS) is 10.6. The van der Waals surface area contributed by atoms with Crippen LogP contribution in [-0.2, 0) is 13.2 Å². The Balaban J connectivity index is 1.46. The molecule has 182 valence electrons. The second kappa shape index (κ2) is 10.5. The van der Waals surface area contributed by atoms with Crippen molar-refractivity contribution in [2.24, 2.45) is 0 Å². The van der Waals surface area contributed by atoms with Crippen molar-refractivity contribution in [2.45, 2.75) is 13.2 Å². The van der Waals surface area contributed by atoms with Gasteiger partial charge >= 0.3 is 11.9 Å². The third-order valence-corrected chi connectivity index (χ3v) is 5.39. The van der Waals surface area contributed by atoms with E-state index in [2.05, 4.69) is 4.98 Å². The highest BCUT2D eigenvalue weighted by atomic mass is 16.5. The number of pyridine rings is 1. The fourth-order valence-electron chi connectivity index (χ4n) is 3.64. The minimum absolute atomic E-state index is 0.204. The van der Waals surface area contributed by atoms with E-state index in [1.54, 1.807) is 12.1 Å². The number of carbonyl (C=O) groups is 2. The van der Waals surface area contributed by atoms with E-state index in [0.29, 0.717) is 12.4 Å². The van der Waals surface area contributed by atoms with Crippen molar-refractivity contribution >= 4 is 17.8 Å². The molecule has 36 heavy (non-hydrogen) atoms. The highest BCUT2D eigenvalue weighted by molar-refractivity contribution is 6.07. The van der Waals surface area contributed by atoms with E-state index >= 15 is 0 Å². The quantitative estimate of drug-likeness (QED) is 0.275. The summed E-state index contributed by atoms with van der Waals surface area (Å²) in [6.45, 7) is 0.728. The lowest BCUT2D eigenvalue weighted by Gasteiger charge is -2.13. The molecule has 0 fully saturated rings. The van der Waals surface area contributed by atoms with Crippen LogP contribution in [0, 0.1) is 0 Å². The van der Waals surface area contributed by atoms with Crippen LogP contribution < -0.4 is 20.8 Å². The predicted octanol–water partition coefficient (Wildman–Crippen LogP) is 4.18. The molecule has 1 aromatic heterocycles. The number of carboxylic acids is 2. The van der Waals surface area contributed by atoms with Crippen molar-refractivity contribution < 1.29 is 29.3 Å². The van der Waals surface area contributed by atoms with Crippen LogP contribution in [0.1, 0.15) is 31.8 Å². The second-order valence-corrected chi connectivity index (χ2v) is 7.83. The van der Waals surface area contributed by atoms with E-state index in [1.807, 2.05) is 54.6 Å². The molecule has 0 saturated heterocycles. The first-order chi connectivity index (χ1) is 17.3. The fraction of sp³-hybridized carbons (Fsp3) is 0.0741. The van der Waals surface area contributed by atoms with Gasteiger partial charge in [0.2, 0.25) is 0 Å². The van der Waals surface area contributed by atoms with Crippen LogP contribution in [0.4, 0.5) is 5.82 Å². The topological polar surface area (TPSA) is 152 Å². The summed E-state index contributed by atoms with van der Waals surface area (Å²) in [6, 6.07) is 23.4. The highest BCUT2D eigenvalue weighted by Crippen LogP contribution is 2.30. The minimum atomic E-state index is -1.56. The summed E-state index contributed by atoms with van der Waals surface area (Å²) in [5.41, 5.74) is 5.39. The lowest BCUT2D eigenvalue weighted by molar-refractivity contribution is 0.0695. The lowest BCUT2D eigenvalue weighted by Crippen LogP contribution is -2.24. The van der Waals surface area contributed by atoms with Gasteiger partial charge in [0.1, 0.15) is 41.7 Å². The van der Waals surface area contributed by atoms with E-state index in [1.165, 1.54) is 12.1 Å². The molecule has 9 heteroatoms. The first kappa shape index (κ1) is 24.1. The van der Waals surface area contributed by atoms with Gasteiger partial charge in [-0.1, -0.05) is 54.6 Å². The Kier molecular flexibility index (Phi) is 7.01. The number of aromatic amines is 1. The third kappa shape index (κ3) is 5.36. The molecule has 5 N–H and O–H groups in total. The van der Waals surface area contributed by atoms with E-state index in [9.17, 15) is 24.6 Å². The fourth-order valence-corrected chi connectivity index (χ4v) is 3.64. The maximum atomic E-state index is 12.2. The summed E-state index contributed by atoms with van der Waals surface area (Å²) in [6.07, 6.45) is 0. The molecule has 3 aromatic carbocycles. The van der Waals surface area contributed by atoms with Gasteiger partial charge in [0.25, 0.3) is 5.56 Å². The van der Waals surface area contributed by atoms with Gasteiger partial charge in [-0.15, -0.1) is 0 Å². The number of H-pyrrole nitrogens is 1. The number of nitrogens with two attached hydrogens (primary N) is 1. The highest BCUT2D eigenvalue weighted by Gasteiger charge is 2.26. The number of hydrogen-bond donors (Lipinski definition) is 4. The number of aromatic carboxylic acids is 2. The van der Waals surface area contributed by atoms with Gasteiger partial charge in [0.05, 0.1) is 0 Å². The Hall–Kier alpha value is -5.05. The van der Waals surface area contributed by atoms with Gasteiger partial charge in [-0.3, -0.25) is 4.79 Å². The summed E-state index contributed by atoms with van der Waals surface area (Å²) < 4.78 is 11.6. The molecule has 4 rings (SSSR count). The Labute approximate surface area is 205 Å². The number of rotatable bonds is 9. The third-order valence-electron chi connectivity index (χ3n) is 5.39. The number of carboxylic acid groups (broad SMARTS) is 2. The molecule has 0 aliphatic rings. The number of anilines is 1. The first-order valence-electron chi connectivity index (χ1n) is 10.8. The van der Waals surface area contributed by atoms with Gasteiger partial charge in [-0.25, -0.2) is 9.59 Å². The van der Waals surface area contributed by atoms with E-state index in [4.69, 9.17) is 15.2 Å². The molecule has 0 bridgehead atoms. The van der Waals surface area contributed by atoms with Gasteiger partial charge in [-0.2, -0.15) is 0 Å². The largest absolute Gasteiger partial charge is 0.489 e. The summed E-state index contributed by atoms with van der Waals surface area (Å²) in [4.78, 5) is 37.7. The zero-order chi connectivity index (χ0) is 25.7. The van der Waals surface area contributed by atoms with Crippen LogP contribution in [0.15, 0.2) is 83.7 Å². The van der Waals surface area contributed by atoms with Gasteiger partial charge < -0.3 is 30.4 Å². The molecular weight excluding hydrogens is 464 g/mol. The SMILES string of the molecule is Nc1[nH]c(=O)c(C(=O)O)c(-c2ccc(OCc3ccc(OCc4ccccc4)cc3)cc2)c1C(=O)O. The van der Waals surface area contributed by atoms with E-state index in [0.717, 1.165) is 16.9 Å². The first-order valence-corrected chi connectivity index (χ1v) is 10.8. The average molecular weight is 486 g/mol. The smallest absolute Gasteiger partial charge is 0.342 e. The zero-order valence-electron chi connectivity index (χ0n) is 18.9. The minimum Gasteiger partial charge on any atom is -0.489 e. The molecule has 0 aliphatic heterocycles. The molecule has 0 aliphatic carbocycles. The van der Waals surface area contributed by atoms with Gasteiger partial charge in [0.15, 0.2) is 0 Å². The van der Waals surface area contributed by atoms with Gasteiger partial charge in [-0.05, 0) is 41.0 Å². The van der Waals surface area contributed by atoms with Crippen LogP contribution in [0.25, 0.3) is 11.1 Å². The Morgan fingerprint density at radius 3 is 1.75 bits per heavy atom. The van der Waals surface area contributed by atoms with Crippen molar-refractivity contribution in [3.8, 4) is 22.6 Å². The second-order valence-electron chi connectivity index (χ2n) is 7.83. The molecule has 0 radical (unpaired) electrons. The molecule has 9 nitrogen and oxygen atoms in total. The number of aromatic nitrogens is 1. The van der Waals surface area contributed by atoms with E-state index in [-0.39, 0.29) is 17.7 Å². The van der Waals surface area contributed by atoms with Crippen LogP contribution in [0.3, 0.4) is 0 Å². The van der Waals surface area contributed by atoms with Crippen LogP contribution in [0.2, 0.25) is 0 Å². The monoisotopic (exact) mass is 486 g/mol. The van der Waals surface area contributed by atoms with Gasteiger partial charge in [0, 0.05) is 5.56 Å². The lowest BCUT2D eigenvalue weighted by atomic mass is 9.95. The zero-order valence-corrected chi connectivity index (χ0v) is 18.9. The Morgan fingerprint density at radius 1 is 0.722 bits per heavy atom. The molecule has 0 amide bonds. The standard InChI is InChI=1S/C27H22N2O7/c28-24-22(26(31)32)21(23(27(33)34)25(30)29-24)18-8-12-20(13-9-18)36-15-17-6-10-19(11-7-17)35-14-16-4-2-1-3-5-16/h1-13H,14-15H2,(H,31,32)(H,33,34)(H3,28,29,30). The summed E-state index contributed by atoms with van der Waals surface area (Å²) >= 11 is 0. The maximum Gasteiger partial charge on any atom is 0.342 e. The Morgan fingerprint density at radius 2 is 1.22 bits per heavy atom. The molecule has 0 saturated carbocycles.